The van der Waals surface area contributed by atoms with Gasteiger partial charge in [0.15, 0.2) is 5.75 Å². The first-order valence-corrected chi connectivity index (χ1v) is 9.25. The van der Waals surface area contributed by atoms with Gasteiger partial charge in [0.25, 0.3) is 0 Å². The summed E-state index contributed by atoms with van der Waals surface area (Å²) in [5.41, 5.74) is 2.34. The number of halogens is 1. The summed E-state index contributed by atoms with van der Waals surface area (Å²) in [7, 11) is 1.26. The summed E-state index contributed by atoms with van der Waals surface area (Å²) >= 11 is 0. The molecular weight excluding hydrogens is 389 g/mol. The number of rotatable bonds is 6. The van der Waals surface area contributed by atoms with Crippen molar-refractivity contribution in [2.45, 2.75) is 13.3 Å². The molecule has 0 aliphatic carbocycles. The Morgan fingerprint density at radius 2 is 1.90 bits per heavy atom. The average Bonchev–Trinajstić information content (AvgIpc) is 2.74. The highest BCUT2D eigenvalue weighted by atomic mass is 19.1. The Hall–Kier alpha value is -3.74. The minimum Gasteiger partial charge on any atom is -0.505 e. The number of methoxy groups -OCH3 is 1. The molecule has 1 N–H and O–H groups in total. The lowest BCUT2D eigenvalue weighted by Gasteiger charge is -2.11. The number of aromatic nitrogens is 1. The summed E-state index contributed by atoms with van der Waals surface area (Å²) in [4.78, 5) is 28.1. The van der Waals surface area contributed by atoms with Gasteiger partial charge in [-0.15, -0.1) is 0 Å². The fraction of sp³-hybridized carbons (Fsp3) is 0.174. The lowest BCUT2D eigenvalue weighted by Crippen LogP contribution is -2.06. The lowest BCUT2D eigenvalue weighted by atomic mass is 9.99. The van der Waals surface area contributed by atoms with Crippen molar-refractivity contribution in [1.82, 2.24) is 4.98 Å². The second kappa shape index (κ2) is 9.17. The normalized spacial score (nSPS) is 11.0. The summed E-state index contributed by atoms with van der Waals surface area (Å²) in [6.45, 7) is 1.81. The summed E-state index contributed by atoms with van der Waals surface area (Å²) in [6, 6.07) is 9.37. The van der Waals surface area contributed by atoms with Crippen LogP contribution >= 0.6 is 0 Å². The van der Waals surface area contributed by atoms with E-state index >= 15 is 0 Å². The third-order valence-electron chi connectivity index (χ3n) is 4.45. The third kappa shape index (κ3) is 4.63. The minimum absolute atomic E-state index is 0.0485. The number of hydrogen-bond donors (Lipinski definition) is 1. The first kappa shape index (κ1) is 21.0. The van der Waals surface area contributed by atoms with Crippen molar-refractivity contribution in [3.05, 3.63) is 76.7 Å². The smallest absolute Gasteiger partial charge is 0.342 e. The Balaban J connectivity index is 2.11. The van der Waals surface area contributed by atoms with Crippen LogP contribution in [0.1, 0.15) is 34.0 Å². The van der Waals surface area contributed by atoms with Crippen LogP contribution in [0, 0.1) is 5.82 Å². The van der Waals surface area contributed by atoms with Gasteiger partial charge >= 0.3 is 11.9 Å². The topological polar surface area (TPSA) is 85.7 Å². The number of hydrogen-bond acceptors (Lipinski definition) is 6. The Kier molecular flexibility index (Phi) is 6.41. The number of fused-ring (bicyclic) bond motifs is 1. The summed E-state index contributed by atoms with van der Waals surface area (Å²) in [6.07, 6.45) is 4.77. The highest BCUT2D eigenvalue weighted by Crippen LogP contribution is 2.32. The van der Waals surface area contributed by atoms with Gasteiger partial charge in [-0.1, -0.05) is 12.1 Å². The number of nitrogens with zero attached hydrogens (tertiary/aromatic N) is 1. The summed E-state index contributed by atoms with van der Waals surface area (Å²) < 4.78 is 22.8. The van der Waals surface area contributed by atoms with E-state index in [2.05, 4.69) is 9.72 Å². The predicted octanol–water partition coefficient (Wildman–Crippen LogP) is 4.03. The Morgan fingerprint density at radius 1 is 1.17 bits per heavy atom. The number of phenolic OH excluding ortho intramolecular Hbond substituents is 1. The predicted molar refractivity (Wildman–Crippen MR) is 110 cm³/mol. The van der Waals surface area contributed by atoms with E-state index in [-0.39, 0.29) is 29.3 Å². The van der Waals surface area contributed by atoms with Crippen molar-refractivity contribution in [3.8, 4) is 5.75 Å². The maximum absolute atomic E-state index is 13.1. The van der Waals surface area contributed by atoms with Crippen LogP contribution in [-0.2, 0) is 20.7 Å². The van der Waals surface area contributed by atoms with Gasteiger partial charge in [0.1, 0.15) is 16.9 Å². The number of pyridine rings is 1. The van der Waals surface area contributed by atoms with E-state index in [1.807, 2.05) is 0 Å². The quantitative estimate of drug-likeness (QED) is 0.489. The monoisotopic (exact) mass is 409 g/mol. The molecule has 1 aromatic heterocycles. The number of benzene rings is 2. The minimum atomic E-state index is -0.693. The molecule has 30 heavy (non-hydrogen) atoms. The second-order valence-electron chi connectivity index (χ2n) is 6.48. The molecule has 0 fully saturated rings. The van der Waals surface area contributed by atoms with Crippen LogP contribution in [0.4, 0.5) is 4.39 Å². The maximum atomic E-state index is 13.1. The van der Waals surface area contributed by atoms with Gasteiger partial charge in [0.2, 0.25) is 0 Å². The van der Waals surface area contributed by atoms with Crippen LogP contribution in [-0.4, -0.2) is 35.7 Å². The molecule has 0 atom stereocenters. The Bertz CT molecular complexity index is 1120. The molecule has 0 aliphatic rings. The molecule has 0 bridgehead atoms. The van der Waals surface area contributed by atoms with Gasteiger partial charge in [0, 0.05) is 17.7 Å². The Morgan fingerprint density at radius 3 is 2.57 bits per heavy atom. The highest BCUT2D eigenvalue weighted by molar-refractivity contribution is 6.04. The first-order valence-electron chi connectivity index (χ1n) is 9.25. The van der Waals surface area contributed by atoms with E-state index < -0.39 is 11.9 Å². The first-order chi connectivity index (χ1) is 14.4. The average molecular weight is 409 g/mol. The van der Waals surface area contributed by atoms with Gasteiger partial charge in [0.05, 0.1) is 13.7 Å². The SMILES string of the molecule is CCOC(=O)c1cc(/C=C/C(=O)OC)c2cc(Cc3ccc(F)cc3)cnc2c1O. The largest absolute Gasteiger partial charge is 0.505 e. The zero-order chi connectivity index (χ0) is 21.7. The number of ether oxygens (including phenoxy) is 2. The molecule has 0 amide bonds. The van der Waals surface area contributed by atoms with Crippen molar-refractivity contribution in [2.24, 2.45) is 0 Å². The number of esters is 2. The van der Waals surface area contributed by atoms with Gasteiger partial charge in [-0.05, 0) is 60.4 Å². The zero-order valence-corrected chi connectivity index (χ0v) is 16.5. The van der Waals surface area contributed by atoms with E-state index in [9.17, 15) is 19.1 Å². The van der Waals surface area contributed by atoms with Crippen LogP contribution in [0.25, 0.3) is 17.0 Å². The third-order valence-corrected chi connectivity index (χ3v) is 4.45. The van der Waals surface area contributed by atoms with Crippen molar-refractivity contribution in [1.29, 1.82) is 0 Å². The molecule has 0 radical (unpaired) electrons. The van der Waals surface area contributed by atoms with E-state index in [1.54, 1.807) is 31.3 Å². The lowest BCUT2D eigenvalue weighted by molar-refractivity contribution is -0.134. The van der Waals surface area contributed by atoms with Crippen molar-refractivity contribution < 1.29 is 28.6 Å². The highest BCUT2D eigenvalue weighted by Gasteiger charge is 2.19. The number of phenols is 1. The fourth-order valence-corrected chi connectivity index (χ4v) is 3.01. The van der Waals surface area contributed by atoms with Crippen LogP contribution in [0.15, 0.2) is 48.7 Å². The van der Waals surface area contributed by atoms with Crippen molar-refractivity contribution >= 4 is 28.9 Å². The molecule has 6 nitrogen and oxygen atoms in total. The summed E-state index contributed by atoms with van der Waals surface area (Å²) in [5.74, 6) is -1.87. The number of carbonyl (C=O) groups excluding carboxylic acids is 2. The van der Waals surface area contributed by atoms with Crippen LogP contribution in [0.2, 0.25) is 0 Å². The molecule has 0 unspecified atom stereocenters. The molecule has 0 saturated heterocycles. The van der Waals surface area contributed by atoms with Gasteiger partial charge in [-0.25, -0.2) is 14.0 Å². The van der Waals surface area contributed by atoms with Crippen molar-refractivity contribution in [2.75, 3.05) is 13.7 Å². The van der Waals surface area contributed by atoms with Gasteiger partial charge in [-0.2, -0.15) is 0 Å². The number of aromatic hydroxyl groups is 1. The Labute approximate surface area is 172 Å². The summed E-state index contributed by atoms with van der Waals surface area (Å²) in [5, 5.41) is 11.1. The van der Waals surface area contributed by atoms with E-state index in [0.717, 1.165) is 11.1 Å². The molecule has 0 aliphatic heterocycles. The molecular formula is C23H20FNO5. The molecule has 3 aromatic rings. The molecule has 154 valence electrons. The van der Waals surface area contributed by atoms with Crippen LogP contribution in [0.5, 0.6) is 5.75 Å². The molecule has 3 rings (SSSR count). The standard InChI is InChI=1S/C23H20FNO5/c1-3-30-23(28)19-12-16(6-9-20(26)29-2)18-11-15(13-25-21(18)22(19)27)10-14-4-7-17(24)8-5-14/h4-9,11-13,27H,3,10H2,1-2H3/b9-6+. The van der Waals surface area contributed by atoms with Gasteiger partial charge < -0.3 is 14.6 Å². The zero-order valence-electron chi connectivity index (χ0n) is 16.5. The second-order valence-corrected chi connectivity index (χ2v) is 6.48. The van der Waals surface area contributed by atoms with Crippen LogP contribution in [0.3, 0.4) is 0 Å². The number of carbonyl (C=O) groups is 2. The molecule has 0 saturated carbocycles. The maximum Gasteiger partial charge on any atom is 0.342 e. The van der Waals surface area contributed by atoms with E-state index in [1.165, 1.54) is 37.5 Å². The fourth-order valence-electron chi connectivity index (χ4n) is 3.01. The van der Waals surface area contributed by atoms with E-state index in [0.29, 0.717) is 17.4 Å². The van der Waals surface area contributed by atoms with Crippen molar-refractivity contribution in [3.63, 3.8) is 0 Å². The molecule has 1 heterocycles. The molecule has 2 aromatic carbocycles. The van der Waals surface area contributed by atoms with E-state index in [4.69, 9.17) is 4.74 Å². The van der Waals surface area contributed by atoms with Gasteiger partial charge in [-0.3, -0.25) is 4.98 Å². The molecule has 7 heteroatoms. The molecule has 0 spiro atoms. The van der Waals surface area contributed by atoms with Crippen LogP contribution < -0.4 is 0 Å².